The van der Waals surface area contributed by atoms with E-state index < -0.39 is 12.0 Å². The second-order valence-electron chi connectivity index (χ2n) is 3.14. The van der Waals surface area contributed by atoms with Gasteiger partial charge in [-0.05, 0) is 24.6 Å². The molecule has 0 heterocycles. The molecular formula is C10H11Cl2NO2. The molecule has 0 spiro atoms. The number of aliphatic hydroxyl groups excluding tert-OH is 1. The maximum absolute atomic E-state index is 11.0. The molecule has 1 atom stereocenters. The number of halogens is 2. The van der Waals surface area contributed by atoms with Crippen molar-refractivity contribution < 1.29 is 9.90 Å². The quantitative estimate of drug-likeness (QED) is 0.859. The fourth-order valence-corrected chi connectivity index (χ4v) is 1.31. The molecule has 3 nitrogen and oxygen atoms in total. The predicted octanol–water partition coefficient (Wildman–Crippen LogP) is 1.99. The van der Waals surface area contributed by atoms with E-state index in [0.717, 1.165) is 5.56 Å². The van der Waals surface area contributed by atoms with Crippen molar-refractivity contribution in [2.75, 3.05) is 0 Å². The van der Waals surface area contributed by atoms with Crippen LogP contribution < -0.4 is 5.32 Å². The zero-order valence-electron chi connectivity index (χ0n) is 8.13. The molecule has 1 amide bonds. The van der Waals surface area contributed by atoms with Crippen LogP contribution in [0, 0.1) is 0 Å². The highest BCUT2D eigenvalue weighted by Gasteiger charge is 2.07. The number of nitrogens with one attached hydrogen (secondary N) is 1. The van der Waals surface area contributed by atoms with Crippen LogP contribution in [0.15, 0.2) is 18.2 Å². The molecule has 0 saturated carbocycles. The lowest BCUT2D eigenvalue weighted by Crippen LogP contribution is -2.31. The molecule has 0 saturated heterocycles. The van der Waals surface area contributed by atoms with E-state index >= 15 is 0 Å². The zero-order valence-corrected chi connectivity index (χ0v) is 9.64. The fraction of sp³-hybridized carbons (Fsp3) is 0.300. The maximum atomic E-state index is 11.0. The average molecular weight is 248 g/mol. The zero-order chi connectivity index (χ0) is 11.4. The highest BCUT2D eigenvalue weighted by molar-refractivity contribution is 6.42. The van der Waals surface area contributed by atoms with Crippen LogP contribution in [0.25, 0.3) is 0 Å². The van der Waals surface area contributed by atoms with Crippen molar-refractivity contribution in [2.24, 2.45) is 0 Å². The standard InChI is InChI=1S/C10H11Cl2NO2/c1-6(14)10(15)13-5-7-2-3-8(11)9(12)4-7/h2-4,6,14H,5H2,1H3,(H,13,15). The second-order valence-corrected chi connectivity index (χ2v) is 3.96. The molecule has 0 radical (unpaired) electrons. The van der Waals surface area contributed by atoms with Gasteiger partial charge in [-0.3, -0.25) is 4.79 Å². The normalized spacial score (nSPS) is 12.3. The van der Waals surface area contributed by atoms with E-state index in [2.05, 4.69) is 5.32 Å². The molecule has 0 fully saturated rings. The molecular weight excluding hydrogens is 237 g/mol. The Morgan fingerprint density at radius 3 is 2.67 bits per heavy atom. The van der Waals surface area contributed by atoms with Crippen LogP contribution in [0.1, 0.15) is 12.5 Å². The molecule has 2 N–H and O–H groups in total. The van der Waals surface area contributed by atoms with Gasteiger partial charge in [0, 0.05) is 6.54 Å². The molecule has 82 valence electrons. The lowest BCUT2D eigenvalue weighted by Gasteiger charge is -2.07. The van der Waals surface area contributed by atoms with Gasteiger partial charge in [0.25, 0.3) is 0 Å². The van der Waals surface area contributed by atoms with Gasteiger partial charge in [0.2, 0.25) is 5.91 Å². The molecule has 1 rings (SSSR count). The molecule has 1 aromatic carbocycles. The van der Waals surface area contributed by atoms with Crippen LogP contribution in [0.4, 0.5) is 0 Å². The van der Waals surface area contributed by atoms with E-state index in [9.17, 15) is 4.79 Å². The van der Waals surface area contributed by atoms with E-state index in [0.29, 0.717) is 16.6 Å². The smallest absolute Gasteiger partial charge is 0.248 e. The Balaban J connectivity index is 2.58. The molecule has 0 aliphatic heterocycles. The van der Waals surface area contributed by atoms with Gasteiger partial charge >= 0.3 is 0 Å². The minimum absolute atomic E-state index is 0.320. The summed E-state index contributed by atoms with van der Waals surface area (Å²) in [5.41, 5.74) is 0.832. The molecule has 1 aromatic rings. The van der Waals surface area contributed by atoms with Gasteiger partial charge in [-0.1, -0.05) is 29.3 Å². The molecule has 0 aliphatic carbocycles. The van der Waals surface area contributed by atoms with Crippen LogP contribution in [0.5, 0.6) is 0 Å². The van der Waals surface area contributed by atoms with Gasteiger partial charge in [-0.2, -0.15) is 0 Å². The number of rotatable bonds is 3. The monoisotopic (exact) mass is 247 g/mol. The van der Waals surface area contributed by atoms with Crippen molar-refractivity contribution in [2.45, 2.75) is 19.6 Å². The summed E-state index contributed by atoms with van der Waals surface area (Å²) in [7, 11) is 0. The van der Waals surface area contributed by atoms with E-state index in [-0.39, 0.29) is 0 Å². The van der Waals surface area contributed by atoms with Crippen molar-refractivity contribution in [3.63, 3.8) is 0 Å². The molecule has 0 aromatic heterocycles. The largest absolute Gasteiger partial charge is 0.384 e. The van der Waals surface area contributed by atoms with Crippen LogP contribution >= 0.6 is 23.2 Å². The molecule has 15 heavy (non-hydrogen) atoms. The van der Waals surface area contributed by atoms with Crippen molar-refractivity contribution in [1.82, 2.24) is 5.32 Å². The van der Waals surface area contributed by atoms with Crippen LogP contribution in [-0.2, 0) is 11.3 Å². The SMILES string of the molecule is CC(O)C(=O)NCc1ccc(Cl)c(Cl)c1. The van der Waals surface area contributed by atoms with Crippen molar-refractivity contribution in [3.05, 3.63) is 33.8 Å². The summed E-state index contributed by atoms with van der Waals surface area (Å²) < 4.78 is 0. The summed E-state index contributed by atoms with van der Waals surface area (Å²) in [6.45, 7) is 1.73. The summed E-state index contributed by atoms with van der Waals surface area (Å²) in [6.07, 6.45) is -1.01. The van der Waals surface area contributed by atoms with E-state index in [1.165, 1.54) is 6.92 Å². The maximum Gasteiger partial charge on any atom is 0.248 e. The second kappa shape index (κ2) is 5.35. The first kappa shape index (κ1) is 12.3. The summed E-state index contributed by atoms with van der Waals surface area (Å²) in [5.74, 6) is -0.416. The minimum Gasteiger partial charge on any atom is -0.384 e. The summed E-state index contributed by atoms with van der Waals surface area (Å²) in [4.78, 5) is 11.0. The third-order valence-electron chi connectivity index (χ3n) is 1.83. The van der Waals surface area contributed by atoms with Gasteiger partial charge in [-0.15, -0.1) is 0 Å². The molecule has 0 bridgehead atoms. The third-order valence-corrected chi connectivity index (χ3v) is 2.57. The van der Waals surface area contributed by atoms with Gasteiger partial charge in [-0.25, -0.2) is 0 Å². The van der Waals surface area contributed by atoms with E-state index in [4.69, 9.17) is 28.3 Å². The number of hydrogen-bond donors (Lipinski definition) is 2. The molecule has 1 unspecified atom stereocenters. The first-order chi connectivity index (χ1) is 7.00. The van der Waals surface area contributed by atoms with E-state index in [1.807, 2.05) is 0 Å². The first-order valence-corrected chi connectivity index (χ1v) is 5.16. The Morgan fingerprint density at radius 2 is 2.13 bits per heavy atom. The lowest BCUT2D eigenvalue weighted by molar-refractivity contribution is -0.128. The van der Waals surface area contributed by atoms with Gasteiger partial charge in [0.1, 0.15) is 6.10 Å². The Morgan fingerprint density at radius 1 is 1.47 bits per heavy atom. The lowest BCUT2D eigenvalue weighted by atomic mass is 10.2. The third kappa shape index (κ3) is 3.70. The Labute approximate surface area is 98.0 Å². The van der Waals surface area contributed by atoms with Crippen LogP contribution in [0.3, 0.4) is 0 Å². The van der Waals surface area contributed by atoms with Crippen molar-refractivity contribution in [1.29, 1.82) is 0 Å². The highest BCUT2D eigenvalue weighted by Crippen LogP contribution is 2.22. The topological polar surface area (TPSA) is 49.3 Å². The van der Waals surface area contributed by atoms with Gasteiger partial charge < -0.3 is 10.4 Å². The summed E-state index contributed by atoms with van der Waals surface area (Å²) in [5, 5.41) is 12.4. The summed E-state index contributed by atoms with van der Waals surface area (Å²) in [6, 6.07) is 5.09. The number of hydrogen-bond acceptors (Lipinski definition) is 2. The number of carbonyl (C=O) groups is 1. The minimum atomic E-state index is -1.01. The van der Waals surface area contributed by atoms with Crippen molar-refractivity contribution >= 4 is 29.1 Å². The number of carbonyl (C=O) groups excluding carboxylic acids is 1. The van der Waals surface area contributed by atoms with Crippen molar-refractivity contribution in [3.8, 4) is 0 Å². The first-order valence-electron chi connectivity index (χ1n) is 4.40. The number of aliphatic hydroxyl groups is 1. The average Bonchev–Trinajstić information content (AvgIpc) is 2.19. The molecule has 5 heteroatoms. The van der Waals surface area contributed by atoms with Crippen LogP contribution in [0.2, 0.25) is 10.0 Å². The van der Waals surface area contributed by atoms with Gasteiger partial charge in [0.15, 0.2) is 0 Å². The Hall–Kier alpha value is -0.770. The van der Waals surface area contributed by atoms with E-state index in [1.54, 1.807) is 18.2 Å². The highest BCUT2D eigenvalue weighted by atomic mass is 35.5. The fourth-order valence-electron chi connectivity index (χ4n) is 0.986. The predicted molar refractivity (Wildman–Crippen MR) is 60.0 cm³/mol. The van der Waals surface area contributed by atoms with Gasteiger partial charge in [0.05, 0.1) is 10.0 Å². The Bertz CT molecular complexity index is 366. The van der Waals surface area contributed by atoms with Crippen LogP contribution in [-0.4, -0.2) is 17.1 Å². The summed E-state index contributed by atoms with van der Waals surface area (Å²) >= 11 is 11.5. The Kier molecular flexibility index (Phi) is 4.39. The number of benzene rings is 1. The molecule has 0 aliphatic rings. The number of amides is 1.